The van der Waals surface area contributed by atoms with Crippen molar-refractivity contribution in [1.82, 2.24) is 0 Å². The van der Waals surface area contributed by atoms with Crippen LogP contribution in [0.15, 0.2) is 12.1 Å². The maximum atomic E-state index is 6.60. The van der Waals surface area contributed by atoms with Crippen molar-refractivity contribution >= 4 is 72.4 Å². The normalized spacial score (nSPS) is 18.0. The first-order valence-electron chi connectivity index (χ1n) is 12.3. The van der Waals surface area contributed by atoms with Crippen LogP contribution in [0.5, 0.6) is 0 Å². The fraction of sp³-hybridized carbons (Fsp3) is 0.680. The molecule has 1 aliphatic rings. The molecule has 0 radical (unpaired) electrons. The predicted octanol–water partition coefficient (Wildman–Crippen LogP) is 8.38. The molecule has 0 spiro atoms. The molecular weight excluding hydrogens is 546 g/mol. The van der Waals surface area contributed by atoms with Gasteiger partial charge >= 0.3 is 205 Å². The second kappa shape index (κ2) is 11.3. The van der Waals surface area contributed by atoms with Gasteiger partial charge in [0, 0.05) is 0 Å². The summed E-state index contributed by atoms with van der Waals surface area (Å²) in [4.78, 5) is 4.67. The van der Waals surface area contributed by atoms with Crippen LogP contribution < -0.4 is 13.5 Å². The van der Waals surface area contributed by atoms with Crippen LogP contribution >= 0.6 is 28.7 Å². The molecule has 0 N–H and O–H groups in total. The van der Waals surface area contributed by atoms with E-state index >= 15 is 0 Å². The summed E-state index contributed by atoms with van der Waals surface area (Å²) >= 11 is 8.49. The van der Waals surface area contributed by atoms with Crippen LogP contribution in [0.2, 0.25) is 13.3 Å². The first-order chi connectivity index (χ1) is 14.5. The Balaban J connectivity index is 2.10. The van der Waals surface area contributed by atoms with Crippen molar-refractivity contribution in [3.8, 4) is 9.75 Å². The van der Waals surface area contributed by atoms with Gasteiger partial charge in [-0.3, -0.25) is 0 Å². The predicted molar refractivity (Wildman–Crippen MR) is 150 cm³/mol. The van der Waals surface area contributed by atoms with Gasteiger partial charge in [-0.15, -0.1) is 0 Å². The zero-order valence-corrected chi connectivity index (χ0v) is 26.0. The summed E-state index contributed by atoms with van der Waals surface area (Å²) < 4.78 is 6.60. The van der Waals surface area contributed by atoms with Crippen molar-refractivity contribution in [3.63, 3.8) is 0 Å². The molecule has 0 saturated carbocycles. The topological polar surface area (TPSA) is 0 Å². The minimum atomic E-state index is -2.38. The molecule has 3 heterocycles. The zero-order valence-electron chi connectivity index (χ0n) is 19.8. The number of thiophene rings is 2. The Hall–Kier alpha value is 0.849. The number of hydrogen-bond acceptors (Lipinski definition) is 3. The monoisotopic (exact) mass is 588 g/mol. The standard InChI is InChI=1S/C13H14PS3.3C4H9.Sn/c1-3-4-6-14(15)10-5-7-16-12(10)13-11(14)8-9(2)17-13;3*1-3-4-2;/h5,8H,3-4,6H2,1-2H3;3*1,3-4H2,2H3;. The van der Waals surface area contributed by atoms with Gasteiger partial charge in [0.25, 0.3) is 0 Å². The van der Waals surface area contributed by atoms with Crippen molar-refractivity contribution in [2.24, 2.45) is 0 Å². The molecule has 0 amide bonds. The van der Waals surface area contributed by atoms with E-state index in [1.165, 1.54) is 62.4 Å². The summed E-state index contributed by atoms with van der Waals surface area (Å²) in [5.41, 5.74) is 0. The molecule has 0 aliphatic carbocycles. The summed E-state index contributed by atoms with van der Waals surface area (Å²) in [5, 5.41) is 3.23. The van der Waals surface area contributed by atoms with Crippen molar-refractivity contribution in [3.05, 3.63) is 17.0 Å². The SMILES string of the molecule is CCCCP1(=S)c2cc(C)sc2-c2s[c]([Sn]([CH2]CCC)([CH2]CCC)[CH2]CCC)cc21. The van der Waals surface area contributed by atoms with Gasteiger partial charge in [0.15, 0.2) is 0 Å². The summed E-state index contributed by atoms with van der Waals surface area (Å²) in [6.07, 6.45) is 12.2. The van der Waals surface area contributed by atoms with E-state index in [2.05, 4.69) is 58.1 Å². The molecule has 1 atom stereocenters. The van der Waals surface area contributed by atoms with Crippen molar-refractivity contribution in [2.45, 2.75) is 99.3 Å². The van der Waals surface area contributed by atoms with E-state index in [1.807, 2.05) is 14.2 Å². The third kappa shape index (κ3) is 5.01. The quantitative estimate of drug-likeness (QED) is 0.168. The van der Waals surface area contributed by atoms with E-state index in [4.69, 9.17) is 11.8 Å². The second-order valence-electron chi connectivity index (χ2n) is 9.30. The molecule has 0 aromatic carbocycles. The fourth-order valence-electron chi connectivity index (χ4n) is 5.05. The molecule has 5 heteroatoms. The molecule has 2 aromatic rings. The summed E-state index contributed by atoms with van der Waals surface area (Å²) in [6.45, 7) is 11.8. The summed E-state index contributed by atoms with van der Waals surface area (Å²) in [5.74, 6) is 0. The zero-order chi connectivity index (χ0) is 21.8. The van der Waals surface area contributed by atoms with Crippen LogP contribution in [-0.2, 0) is 11.8 Å². The molecule has 2 aromatic heterocycles. The third-order valence-electron chi connectivity index (χ3n) is 6.91. The van der Waals surface area contributed by atoms with Crippen molar-refractivity contribution in [1.29, 1.82) is 0 Å². The van der Waals surface area contributed by atoms with Gasteiger partial charge in [-0.1, -0.05) is 0 Å². The second-order valence-corrected chi connectivity index (χ2v) is 30.5. The minimum absolute atomic E-state index is 1.24. The maximum absolute atomic E-state index is 6.60. The molecule has 0 saturated heterocycles. The van der Waals surface area contributed by atoms with Gasteiger partial charge < -0.3 is 0 Å². The van der Waals surface area contributed by atoms with Gasteiger partial charge in [0.05, 0.1) is 0 Å². The van der Waals surface area contributed by atoms with Crippen LogP contribution in [-0.4, -0.2) is 24.5 Å². The van der Waals surface area contributed by atoms with Gasteiger partial charge in [0.1, 0.15) is 0 Å². The van der Waals surface area contributed by atoms with E-state index in [-0.39, 0.29) is 0 Å². The Morgan fingerprint density at radius 3 is 1.80 bits per heavy atom. The molecule has 0 fully saturated rings. The summed E-state index contributed by atoms with van der Waals surface area (Å²) in [7, 11) is 0. The number of unbranched alkanes of at least 4 members (excludes halogenated alkanes) is 4. The van der Waals surface area contributed by atoms with Crippen molar-refractivity contribution in [2.75, 3.05) is 6.16 Å². The molecular formula is C25H41PS3Sn. The molecule has 1 aliphatic heterocycles. The first kappa shape index (κ1) is 25.5. The molecule has 1 unspecified atom stereocenters. The Labute approximate surface area is 203 Å². The van der Waals surface area contributed by atoms with E-state index in [0.29, 0.717) is 0 Å². The van der Waals surface area contributed by atoms with Crippen LogP contribution in [0.3, 0.4) is 0 Å². The third-order valence-corrected chi connectivity index (χ3v) is 32.7. The number of hydrogen-bond donors (Lipinski definition) is 0. The number of aryl methyl sites for hydroxylation is 1. The fourth-order valence-corrected chi connectivity index (χ4v) is 32.9. The van der Waals surface area contributed by atoms with Crippen molar-refractivity contribution < 1.29 is 0 Å². The molecule has 168 valence electrons. The van der Waals surface area contributed by atoms with E-state index in [1.54, 1.807) is 33.7 Å². The summed E-state index contributed by atoms with van der Waals surface area (Å²) in [6, 6.07) is 3.62. The van der Waals surface area contributed by atoms with Gasteiger partial charge in [-0.25, -0.2) is 0 Å². The molecule has 0 bridgehead atoms. The van der Waals surface area contributed by atoms with E-state index in [0.717, 1.165) is 0 Å². The van der Waals surface area contributed by atoms with Gasteiger partial charge in [0.2, 0.25) is 0 Å². The van der Waals surface area contributed by atoms with E-state index in [9.17, 15) is 0 Å². The van der Waals surface area contributed by atoms with Crippen LogP contribution in [0, 0.1) is 6.92 Å². The Bertz CT molecular complexity index is 857. The van der Waals surface area contributed by atoms with E-state index < -0.39 is 24.4 Å². The first-order valence-corrected chi connectivity index (χ1v) is 24.4. The van der Waals surface area contributed by atoms with Gasteiger partial charge in [-0.2, -0.15) is 0 Å². The average molecular weight is 587 g/mol. The Morgan fingerprint density at radius 2 is 1.27 bits per heavy atom. The Kier molecular flexibility index (Phi) is 9.61. The molecule has 30 heavy (non-hydrogen) atoms. The van der Waals surface area contributed by atoms with Crippen LogP contribution in [0.1, 0.15) is 83.9 Å². The molecule has 3 rings (SSSR count). The average Bonchev–Trinajstić information content (AvgIpc) is 3.40. The number of rotatable bonds is 13. The van der Waals surface area contributed by atoms with Crippen LogP contribution in [0.25, 0.3) is 9.75 Å². The Morgan fingerprint density at radius 1 is 0.767 bits per heavy atom. The molecule has 0 nitrogen and oxygen atoms in total. The van der Waals surface area contributed by atoms with Crippen LogP contribution in [0.4, 0.5) is 0 Å². The van der Waals surface area contributed by atoms with Gasteiger partial charge in [-0.05, 0) is 0 Å². The number of fused-ring (bicyclic) bond motifs is 3.